The SMILES string of the molecule is COCOC(C)c1csc2ccccc12. The minimum Gasteiger partial charge on any atom is -0.359 e. The van der Waals surface area contributed by atoms with Gasteiger partial charge in [0.1, 0.15) is 6.79 Å². The second-order valence-electron chi connectivity index (χ2n) is 3.40. The van der Waals surface area contributed by atoms with Gasteiger partial charge in [0.25, 0.3) is 0 Å². The van der Waals surface area contributed by atoms with Gasteiger partial charge in [0, 0.05) is 11.8 Å². The summed E-state index contributed by atoms with van der Waals surface area (Å²) < 4.78 is 11.7. The van der Waals surface area contributed by atoms with Crippen LogP contribution in [0.25, 0.3) is 10.1 Å². The zero-order valence-electron chi connectivity index (χ0n) is 8.90. The molecule has 1 aromatic carbocycles. The van der Waals surface area contributed by atoms with Crippen molar-refractivity contribution in [1.29, 1.82) is 0 Å². The molecule has 0 amide bonds. The van der Waals surface area contributed by atoms with Crippen molar-refractivity contribution in [1.82, 2.24) is 0 Å². The van der Waals surface area contributed by atoms with Crippen molar-refractivity contribution < 1.29 is 9.47 Å². The highest BCUT2D eigenvalue weighted by atomic mass is 32.1. The number of thiophene rings is 1. The Balaban J connectivity index is 2.27. The van der Waals surface area contributed by atoms with Gasteiger partial charge in [0.05, 0.1) is 6.10 Å². The molecule has 1 heterocycles. The monoisotopic (exact) mass is 222 g/mol. The van der Waals surface area contributed by atoms with E-state index in [9.17, 15) is 0 Å². The maximum atomic E-state index is 5.53. The van der Waals surface area contributed by atoms with E-state index in [1.54, 1.807) is 18.4 Å². The van der Waals surface area contributed by atoms with Crippen LogP contribution in [0.3, 0.4) is 0 Å². The number of benzene rings is 1. The third-order valence-electron chi connectivity index (χ3n) is 2.38. The van der Waals surface area contributed by atoms with Gasteiger partial charge in [-0.3, -0.25) is 0 Å². The van der Waals surface area contributed by atoms with Crippen LogP contribution in [-0.4, -0.2) is 13.9 Å². The average molecular weight is 222 g/mol. The molecule has 0 aliphatic rings. The fraction of sp³-hybridized carbons (Fsp3) is 0.333. The molecule has 0 N–H and O–H groups in total. The number of ether oxygens (including phenoxy) is 2. The molecule has 0 bridgehead atoms. The number of hydrogen-bond donors (Lipinski definition) is 0. The fourth-order valence-corrected chi connectivity index (χ4v) is 2.62. The van der Waals surface area contributed by atoms with E-state index in [0.29, 0.717) is 6.79 Å². The highest BCUT2D eigenvalue weighted by molar-refractivity contribution is 7.17. The molecule has 0 aliphatic heterocycles. The smallest absolute Gasteiger partial charge is 0.147 e. The van der Waals surface area contributed by atoms with Crippen LogP contribution >= 0.6 is 11.3 Å². The lowest BCUT2D eigenvalue weighted by atomic mass is 10.1. The summed E-state index contributed by atoms with van der Waals surface area (Å²) in [4.78, 5) is 0. The second kappa shape index (κ2) is 4.75. The molecule has 15 heavy (non-hydrogen) atoms. The van der Waals surface area contributed by atoms with E-state index in [2.05, 4.69) is 29.6 Å². The Hall–Kier alpha value is -0.900. The van der Waals surface area contributed by atoms with Gasteiger partial charge in [-0.05, 0) is 29.3 Å². The molecule has 0 saturated carbocycles. The van der Waals surface area contributed by atoms with E-state index >= 15 is 0 Å². The van der Waals surface area contributed by atoms with Crippen molar-refractivity contribution in [2.24, 2.45) is 0 Å². The highest BCUT2D eigenvalue weighted by Gasteiger charge is 2.10. The Bertz CT molecular complexity index is 436. The minimum atomic E-state index is 0.0844. The van der Waals surface area contributed by atoms with Crippen molar-refractivity contribution in [2.45, 2.75) is 13.0 Å². The normalized spacial score (nSPS) is 13.2. The molecule has 0 radical (unpaired) electrons. The van der Waals surface area contributed by atoms with Gasteiger partial charge in [-0.2, -0.15) is 0 Å². The molecule has 0 saturated heterocycles. The quantitative estimate of drug-likeness (QED) is 0.736. The predicted molar refractivity (Wildman–Crippen MR) is 63.2 cm³/mol. The molecule has 3 heteroatoms. The second-order valence-corrected chi connectivity index (χ2v) is 4.31. The van der Waals surface area contributed by atoms with E-state index in [1.807, 2.05) is 6.92 Å². The van der Waals surface area contributed by atoms with E-state index in [0.717, 1.165) is 0 Å². The minimum absolute atomic E-state index is 0.0844. The van der Waals surface area contributed by atoms with Gasteiger partial charge < -0.3 is 9.47 Å². The van der Waals surface area contributed by atoms with Crippen molar-refractivity contribution in [2.75, 3.05) is 13.9 Å². The summed E-state index contributed by atoms with van der Waals surface area (Å²) in [6.45, 7) is 2.39. The summed E-state index contributed by atoms with van der Waals surface area (Å²) in [6, 6.07) is 8.38. The molecule has 0 aliphatic carbocycles. The van der Waals surface area contributed by atoms with E-state index < -0.39 is 0 Å². The zero-order valence-corrected chi connectivity index (χ0v) is 9.71. The number of hydrogen-bond acceptors (Lipinski definition) is 3. The molecule has 1 aromatic heterocycles. The first-order chi connectivity index (χ1) is 7.33. The maximum Gasteiger partial charge on any atom is 0.147 e. The molecular weight excluding hydrogens is 208 g/mol. The fourth-order valence-electron chi connectivity index (χ4n) is 1.57. The van der Waals surface area contributed by atoms with Crippen molar-refractivity contribution >= 4 is 21.4 Å². The van der Waals surface area contributed by atoms with Crippen LogP contribution in [0.4, 0.5) is 0 Å². The van der Waals surface area contributed by atoms with Crippen LogP contribution < -0.4 is 0 Å². The molecule has 80 valence electrons. The highest BCUT2D eigenvalue weighted by Crippen LogP contribution is 2.31. The largest absolute Gasteiger partial charge is 0.359 e. The van der Waals surface area contributed by atoms with Crippen LogP contribution in [0.5, 0.6) is 0 Å². The maximum absolute atomic E-state index is 5.53. The van der Waals surface area contributed by atoms with Crippen LogP contribution in [0.2, 0.25) is 0 Å². The van der Waals surface area contributed by atoms with Gasteiger partial charge in [0.15, 0.2) is 0 Å². The van der Waals surface area contributed by atoms with Gasteiger partial charge in [0.2, 0.25) is 0 Å². The molecular formula is C12H14O2S. The van der Waals surface area contributed by atoms with Gasteiger partial charge in [-0.15, -0.1) is 11.3 Å². The first kappa shape index (κ1) is 10.6. The van der Waals surface area contributed by atoms with E-state index in [1.165, 1.54) is 15.6 Å². The molecule has 2 aromatic rings. The number of rotatable bonds is 4. The Morgan fingerprint density at radius 2 is 2.13 bits per heavy atom. The third kappa shape index (κ3) is 2.20. The summed E-state index contributed by atoms with van der Waals surface area (Å²) in [5.41, 5.74) is 1.24. The third-order valence-corrected chi connectivity index (χ3v) is 3.37. The predicted octanol–water partition coefficient (Wildman–Crippen LogP) is 3.58. The van der Waals surface area contributed by atoms with Crippen molar-refractivity contribution in [3.63, 3.8) is 0 Å². The van der Waals surface area contributed by atoms with Crippen LogP contribution in [-0.2, 0) is 9.47 Å². The average Bonchev–Trinajstić information content (AvgIpc) is 2.69. The molecule has 2 rings (SSSR count). The standard InChI is InChI=1S/C12H14O2S/c1-9(14-8-13-2)11-7-15-12-6-4-3-5-10(11)12/h3-7,9H,8H2,1-2H3. The summed E-state index contributed by atoms with van der Waals surface area (Å²) in [5.74, 6) is 0. The Labute approximate surface area is 93.4 Å². The van der Waals surface area contributed by atoms with E-state index in [-0.39, 0.29) is 6.10 Å². The lowest BCUT2D eigenvalue weighted by Gasteiger charge is -2.11. The Morgan fingerprint density at radius 3 is 2.93 bits per heavy atom. The first-order valence-electron chi connectivity index (χ1n) is 4.89. The topological polar surface area (TPSA) is 18.5 Å². The van der Waals surface area contributed by atoms with Crippen LogP contribution in [0, 0.1) is 0 Å². The summed E-state index contributed by atoms with van der Waals surface area (Å²) in [7, 11) is 1.64. The molecule has 0 spiro atoms. The summed E-state index contributed by atoms with van der Waals surface area (Å²) >= 11 is 1.75. The Morgan fingerprint density at radius 1 is 1.33 bits per heavy atom. The molecule has 1 unspecified atom stereocenters. The lowest BCUT2D eigenvalue weighted by Crippen LogP contribution is -2.02. The van der Waals surface area contributed by atoms with Gasteiger partial charge in [-0.25, -0.2) is 0 Å². The zero-order chi connectivity index (χ0) is 10.7. The lowest BCUT2D eigenvalue weighted by molar-refractivity contribution is -0.0660. The molecule has 0 fully saturated rings. The summed E-state index contributed by atoms with van der Waals surface area (Å²) in [6.07, 6.45) is 0.0844. The summed E-state index contributed by atoms with van der Waals surface area (Å²) in [5, 5.41) is 3.44. The Kier molecular flexibility index (Phi) is 3.36. The molecule has 2 nitrogen and oxygen atoms in total. The van der Waals surface area contributed by atoms with Crippen molar-refractivity contribution in [3.8, 4) is 0 Å². The van der Waals surface area contributed by atoms with Crippen LogP contribution in [0.15, 0.2) is 29.6 Å². The number of fused-ring (bicyclic) bond motifs is 1. The van der Waals surface area contributed by atoms with E-state index in [4.69, 9.17) is 9.47 Å². The number of methoxy groups -OCH3 is 1. The van der Waals surface area contributed by atoms with Gasteiger partial charge in [-0.1, -0.05) is 18.2 Å². The van der Waals surface area contributed by atoms with Crippen molar-refractivity contribution in [3.05, 3.63) is 35.2 Å². The first-order valence-corrected chi connectivity index (χ1v) is 5.77. The molecule has 1 atom stereocenters. The van der Waals surface area contributed by atoms with Crippen LogP contribution in [0.1, 0.15) is 18.6 Å². The van der Waals surface area contributed by atoms with Gasteiger partial charge >= 0.3 is 0 Å².